The van der Waals surface area contributed by atoms with Gasteiger partial charge in [0.2, 0.25) is 0 Å². The Hall–Kier alpha value is -1.26. The average Bonchev–Trinajstić information content (AvgIpc) is 2.37. The molecule has 0 spiro atoms. The van der Waals surface area contributed by atoms with Gasteiger partial charge in [0, 0.05) is 16.1 Å². The lowest BCUT2D eigenvalue weighted by atomic mass is 9.98. The summed E-state index contributed by atoms with van der Waals surface area (Å²) in [4.78, 5) is 0. The van der Waals surface area contributed by atoms with Crippen LogP contribution in [0.4, 0.5) is 8.78 Å². The number of hydrogen-bond acceptors (Lipinski definition) is 1. The van der Waals surface area contributed by atoms with Crippen molar-refractivity contribution in [1.82, 2.24) is 0 Å². The second-order valence-corrected chi connectivity index (χ2v) is 5.28. The molecular formula is C15H14BrF2N. The van der Waals surface area contributed by atoms with Gasteiger partial charge in [-0.3, -0.25) is 0 Å². The summed E-state index contributed by atoms with van der Waals surface area (Å²) in [6.45, 7) is 1.95. The predicted molar refractivity (Wildman–Crippen MR) is 75.9 cm³/mol. The van der Waals surface area contributed by atoms with E-state index in [0.717, 1.165) is 15.6 Å². The van der Waals surface area contributed by atoms with Crippen LogP contribution in [0.25, 0.3) is 0 Å². The van der Waals surface area contributed by atoms with Gasteiger partial charge in [-0.2, -0.15) is 0 Å². The molecular weight excluding hydrogens is 312 g/mol. The third-order valence-corrected chi connectivity index (χ3v) is 4.19. The molecule has 2 aromatic carbocycles. The van der Waals surface area contributed by atoms with Gasteiger partial charge in [0.1, 0.15) is 11.6 Å². The summed E-state index contributed by atoms with van der Waals surface area (Å²) in [5, 5.41) is 0. The molecule has 1 unspecified atom stereocenters. The first-order valence-electron chi connectivity index (χ1n) is 5.94. The van der Waals surface area contributed by atoms with E-state index in [0.29, 0.717) is 0 Å². The van der Waals surface area contributed by atoms with E-state index in [-0.39, 0.29) is 12.0 Å². The minimum atomic E-state index is -0.556. The number of hydrogen-bond donors (Lipinski definition) is 1. The molecule has 4 heteroatoms. The second kappa shape index (κ2) is 5.80. The Morgan fingerprint density at radius 3 is 2.32 bits per heavy atom. The first-order valence-corrected chi connectivity index (χ1v) is 6.73. The fourth-order valence-electron chi connectivity index (χ4n) is 2.01. The van der Waals surface area contributed by atoms with Crippen molar-refractivity contribution in [3.05, 3.63) is 69.2 Å². The number of nitrogens with two attached hydrogens (primary N) is 1. The third-order valence-electron chi connectivity index (χ3n) is 3.11. The molecule has 1 atom stereocenters. The highest BCUT2D eigenvalue weighted by atomic mass is 79.9. The number of rotatable bonds is 3. The van der Waals surface area contributed by atoms with Gasteiger partial charge in [0.25, 0.3) is 0 Å². The van der Waals surface area contributed by atoms with Gasteiger partial charge in [0.15, 0.2) is 0 Å². The van der Waals surface area contributed by atoms with Gasteiger partial charge in [-0.15, -0.1) is 0 Å². The molecule has 2 rings (SSSR count). The van der Waals surface area contributed by atoms with Crippen molar-refractivity contribution in [2.75, 3.05) is 0 Å². The maximum Gasteiger partial charge on any atom is 0.129 e. The quantitative estimate of drug-likeness (QED) is 0.895. The van der Waals surface area contributed by atoms with Crippen LogP contribution in [0.1, 0.15) is 22.7 Å². The zero-order valence-electron chi connectivity index (χ0n) is 10.5. The highest BCUT2D eigenvalue weighted by Crippen LogP contribution is 2.28. The summed E-state index contributed by atoms with van der Waals surface area (Å²) in [6.07, 6.45) is 0.126. The first kappa shape index (κ1) is 14.2. The lowest BCUT2D eigenvalue weighted by molar-refractivity contribution is 0.539. The average molecular weight is 326 g/mol. The standard InChI is InChI=1S/C15H14BrF2N/c1-9-4-2-5-10(15(9)16)14(19)8-11-12(17)6-3-7-13(11)18/h2-7,14H,8,19H2,1H3. The van der Waals surface area contributed by atoms with Gasteiger partial charge >= 0.3 is 0 Å². The topological polar surface area (TPSA) is 26.0 Å². The minimum Gasteiger partial charge on any atom is -0.324 e. The molecule has 2 aromatic rings. The number of aryl methyl sites for hydroxylation is 1. The second-order valence-electron chi connectivity index (χ2n) is 4.49. The molecule has 0 amide bonds. The molecule has 2 N–H and O–H groups in total. The Labute approximate surface area is 119 Å². The Morgan fingerprint density at radius 1 is 1.11 bits per heavy atom. The van der Waals surface area contributed by atoms with Crippen molar-refractivity contribution < 1.29 is 8.78 Å². The monoisotopic (exact) mass is 325 g/mol. The molecule has 0 aliphatic carbocycles. The molecule has 100 valence electrons. The fourth-order valence-corrected chi connectivity index (χ4v) is 2.57. The summed E-state index contributed by atoms with van der Waals surface area (Å²) in [5.74, 6) is -1.11. The van der Waals surface area contributed by atoms with Crippen molar-refractivity contribution >= 4 is 15.9 Å². The SMILES string of the molecule is Cc1cccc(C(N)Cc2c(F)cccc2F)c1Br. The van der Waals surface area contributed by atoms with E-state index < -0.39 is 17.7 Å². The van der Waals surface area contributed by atoms with E-state index in [4.69, 9.17) is 5.73 Å². The maximum atomic E-state index is 13.6. The van der Waals surface area contributed by atoms with Crippen molar-refractivity contribution in [2.24, 2.45) is 5.73 Å². The van der Waals surface area contributed by atoms with Crippen LogP contribution in [0.5, 0.6) is 0 Å². The van der Waals surface area contributed by atoms with Crippen molar-refractivity contribution in [1.29, 1.82) is 0 Å². The van der Waals surface area contributed by atoms with E-state index in [1.54, 1.807) is 0 Å². The molecule has 0 heterocycles. The molecule has 0 radical (unpaired) electrons. The van der Waals surface area contributed by atoms with Crippen LogP contribution in [-0.4, -0.2) is 0 Å². The first-order chi connectivity index (χ1) is 9.00. The molecule has 0 aliphatic heterocycles. The van der Waals surface area contributed by atoms with E-state index in [9.17, 15) is 8.78 Å². The largest absolute Gasteiger partial charge is 0.324 e. The van der Waals surface area contributed by atoms with E-state index in [2.05, 4.69) is 15.9 Å². The predicted octanol–water partition coefficient (Wildman–Crippen LogP) is 4.28. The van der Waals surface area contributed by atoms with E-state index >= 15 is 0 Å². The molecule has 0 bridgehead atoms. The van der Waals surface area contributed by atoms with Gasteiger partial charge in [0.05, 0.1) is 0 Å². The highest BCUT2D eigenvalue weighted by Gasteiger charge is 2.16. The normalized spacial score (nSPS) is 12.5. The minimum absolute atomic E-state index is 0.0309. The Morgan fingerprint density at radius 2 is 1.68 bits per heavy atom. The third kappa shape index (κ3) is 3.01. The van der Waals surface area contributed by atoms with E-state index in [1.165, 1.54) is 18.2 Å². The van der Waals surface area contributed by atoms with Crippen molar-refractivity contribution in [3.8, 4) is 0 Å². The van der Waals surface area contributed by atoms with Crippen molar-refractivity contribution in [3.63, 3.8) is 0 Å². The van der Waals surface area contributed by atoms with Crippen LogP contribution in [-0.2, 0) is 6.42 Å². The molecule has 0 fully saturated rings. The maximum absolute atomic E-state index is 13.6. The van der Waals surface area contributed by atoms with Crippen LogP contribution < -0.4 is 5.73 Å². The Balaban J connectivity index is 2.31. The fraction of sp³-hybridized carbons (Fsp3) is 0.200. The van der Waals surface area contributed by atoms with Crippen molar-refractivity contribution in [2.45, 2.75) is 19.4 Å². The molecule has 0 aliphatic rings. The summed E-state index contributed by atoms with van der Waals surface area (Å²) in [7, 11) is 0. The number of benzene rings is 2. The molecule has 1 nitrogen and oxygen atoms in total. The van der Waals surface area contributed by atoms with Crippen LogP contribution in [0.15, 0.2) is 40.9 Å². The lowest BCUT2D eigenvalue weighted by Crippen LogP contribution is -2.16. The Bertz CT molecular complexity index is 578. The van der Waals surface area contributed by atoms with Gasteiger partial charge in [-0.25, -0.2) is 8.78 Å². The van der Waals surface area contributed by atoms with Gasteiger partial charge in [-0.05, 0) is 36.6 Å². The van der Waals surface area contributed by atoms with Crippen LogP contribution in [0.2, 0.25) is 0 Å². The zero-order valence-corrected chi connectivity index (χ0v) is 12.0. The van der Waals surface area contributed by atoms with Crippen LogP contribution >= 0.6 is 15.9 Å². The van der Waals surface area contributed by atoms with Crippen LogP contribution in [0.3, 0.4) is 0 Å². The lowest BCUT2D eigenvalue weighted by Gasteiger charge is -2.16. The highest BCUT2D eigenvalue weighted by molar-refractivity contribution is 9.10. The zero-order chi connectivity index (χ0) is 14.0. The molecule has 19 heavy (non-hydrogen) atoms. The molecule has 0 saturated carbocycles. The summed E-state index contributed by atoms with van der Waals surface area (Å²) in [6, 6.07) is 9.08. The Kier molecular flexibility index (Phi) is 4.32. The van der Waals surface area contributed by atoms with Crippen LogP contribution in [0, 0.1) is 18.6 Å². The summed E-state index contributed by atoms with van der Waals surface area (Å²) < 4.78 is 28.1. The summed E-state index contributed by atoms with van der Waals surface area (Å²) in [5.41, 5.74) is 8.00. The molecule has 0 saturated heterocycles. The van der Waals surface area contributed by atoms with Gasteiger partial charge in [-0.1, -0.05) is 40.2 Å². The summed E-state index contributed by atoms with van der Waals surface area (Å²) >= 11 is 3.46. The van der Waals surface area contributed by atoms with E-state index in [1.807, 2.05) is 25.1 Å². The smallest absolute Gasteiger partial charge is 0.129 e. The molecule has 0 aromatic heterocycles. The van der Waals surface area contributed by atoms with Gasteiger partial charge < -0.3 is 5.73 Å². The number of halogens is 3.